The molecule has 0 bridgehead atoms. The molecule has 6 nitrogen and oxygen atoms in total. The quantitative estimate of drug-likeness (QED) is 0.801. The predicted octanol–water partition coefficient (Wildman–Crippen LogP) is 3.50. The van der Waals surface area contributed by atoms with E-state index in [0.29, 0.717) is 17.2 Å². The number of amides is 1. The summed E-state index contributed by atoms with van der Waals surface area (Å²) in [6, 6.07) is 10.4. The Kier molecular flexibility index (Phi) is 6.22. The molecule has 2 aromatic rings. The number of hydrogen-bond acceptors (Lipinski definition) is 5. The molecule has 0 fully saturated rings. The molecule has 1 atom stereocenters. The Hall–Kier alpha value is -3.02. The van der Waals surface area contributed by atoms with E-state index in [9.17, 15) is 9.59 Å². The smallest absolute Gasteiger partial charge is 0.339 e. The largest absolute Gasteiger partial charge is 0.493 e. The Bertz CT molecular complexity index is 816. The lowest BCUT2D eigenvalue weighted by molar-refractivity contribution is -0.123. The molecular weight excluding hydrogens is 334 g/mol. The Morgan fingerprint density at radius 2 is 1.65 bits per heavy atom. The van der Waals surface area contributed by atoms with Crippen LogP contribution >= 0.6 is 0 Å². The van der Waals surface area contributed by atoms with E-state index in [4.69, 9.17) is 14.2 Å². The first kappa shape index (κ1) is 19.3. The Labute approximate surface area is 153 Å². The average Bonchev–Trinajstić information content (AvgIpc) is 2.63. The van der Waals surface area contributed by atoms with Crippen LogP contribution in [-0.2, 0) is 9.53 Å². The zero-order valence-corrected chi connectivity index (χ0v) is 15.6. The molecule has 6 heteroatoms. The summed E-state index contributed by atoms with van der Waals surface area (Å²) in [5.41, 5.74) is 2.93. The summed E-state index contributed by atoms with van der Waals surface area (Å²) in [5, 5.41) is 2.79. The van der Waals surface area contributed by atoms with E-state index in [0.717, 1.165) is 11.1 Å². The van der Waals surface area contributed by atoms with Crippen LogP contribution in [0.5, 0.6) is 11.5 Å². The second kappa shape index (κ2) is 8.38. The number of aryl methyl sites for hydroxylation is 2. The number of benzene rings is 2. The third kappa shape index (κ3) is 4.53. The van der Waals surface area contributed by atoms with Crippen LogP contribution in [0, 0.1) is 13.8 Å². The highest BCUT2D eigenvalue weighted by Crippen LogP contribution is 2.28. The zero-order valence-electron chi connectivity index (χ0n) is 15.6. The van der Waals surface area contributed by atoms with Crippen molar-refractivity contribution in [2.24, 2.45) is 0 Å². The third-order valence-corrected chi connectivity index (χ3v) is 3.92. The van der Waals surface area contributed by atoms with Gasteiger partial charge in [0.2, 0.25) is 0 Å². The van der Waals surface area contributed by atoms with Gasteiger partial charge in [0.05, 0.1) is 19.8 Å². The van der Waals surface area contributed by atoms with Crippen molar-refractivity contribution < 1.29 is 23.8 Å². The number of methoxy groups -OCH3 is 2. The normalized spacial score (nSPS) is 11.4. The van der Waals surface area contributed by atoms with Crippen LogP contribution < -0.4 is 14.8 Å². The van der Waals surface area contributed by atoms with Gasteiger partial charge in [0.1, 0.15) is 0 Å². The topological polar surface area (TPSA) is 73.9 Å². The van der Waals surface area contributed by atoms with Crippen molar-refractivity contribution in [1.82, 2.24) is 0 Å². The summed E-state index contributed by atoms with van der Waals surface area (Å²) in [4.78, 5) is 24.6. The van der Waals surface area contributed by atoms with Gasteiger partial charge in [0.15, 0.2) is 17.6 Å². The lowest BCUT2D eigenvalue weighted by atomic mass is 10.1. The summed E-state index contributed by atoms with van der Waals surface area (Å²) < 4.78 is 15.6. The number of hydrogen-bond donors (Lipinski definition) is 1. The molecule has 0 aliphatic heterocycles. The van der Waals surface area contributed by atoms with Gasteiger partial charge < -0.3 is 19.5 Å². The number of esters is 1. The van der Waals surface area contributed by atoms with Crippen LogP contribution in [0.15, 0.2) is 36.4 Å². The molecule has 0 saturated carbocycles. The van der Waals surface area contributed by atoms with Gasteiger partial charge in [0.25, 0.3) is 5.91 Å². The molecule has 1 amide bonds. The number of ether oxygens (including phenoxy) is 3. The molecule has 0 heterocycles. The molecule has 0 aliphatic rings. The fourth-order valence-electron chi connectivity index (χ4n) is 2.35. The average molecular weight is 357 g/mol. The van der Waals surface area contributed by atoms with Crippen molar-refractivity contribution in [3.05, 3.63) is 53.1 Å². The maximum Gasteiger partial charge on any atom is 0.339 e. The van der Waals surface area contributed by atoms with Gasteiger partial charge in [-0.25, -0.2) is 4.79 Å². The molecule has 1 unspecified atom stereocenters. The lowest BCUT2D eigenvalue weighted by Gasteiger charge is -2.15. The third-order valence-electron chi connectivity index (χ3n) is 3.92. The van der Waals surface area contributed by atoms with Crippen LogP contribution in [0.4, 0.5) is 5.69 Å². The lowest BCUT2D eigenvalue weighted by Crippen LogP contribution is -2.30. The van der Waals surface area contributed by atoms with Gasteiger partial charge in [-0.2, -0.15) is 0 Å². The van der Waals surface area contributed by atoms with Gasteiger partial charge >= 0.3 is 5.97 Å². The standard InChI is InChI=1S/C20H23NO5/c1-12-6-7-13(2)16(10-12)21-19(22)14(3)26-20(23)15-8-9-17(24-4)18(11-15)25-5/h6-11,14H,1-5H3,(H,21,22). The van der Waals surface area contributed by atoms with Crippen molar-refractivity contribution in [3.63, 3.8) is 0 Å². The number of anilines is 1. The molecule has 0 saturated heterocycles. The molecule has 2 aromatic carbocycles. The monoisotopic (exact) mass is 357 g/mol. The Balaban J connectivity index is 2.06. The van der Waals surface area contributed by atoms with Gasteiger partial charge in [-0.1, -0.05) is 12.1 Å². The van der Waals surface area contributed by atoms with Gasteiger partial charge in [-0.3, -0.25) is 4.79 Å². The van der Waals surface area contributed by atoms with Crippen molar-refractivity contribution in [2.75, 3.05) is 19.5 Å². The molecule has 0 radical (unpaired) electrons. The molecule has 0 aliphatic carbocycles. The van der Waals surface area contributed by atoms with E-state index >= 15 is 0 Å². The van der Waals surface area contributed by atoms with Crippen LogP contribution in [0.2, 0.25) is 0 Å². The minimum absolute atomic E-state index is 0.272. The molecule has 0 aromatic heterocycles. The van der Waals surface area contributed by atoms with Crippen LogP contribution in [0.3, 0.4) is 0 Å². The zero-order chi connectivity index (χ0) is 19.3. The second-order valence-electron chi connectivity index (χ2n) is 5.92. The fraction of sp³-hybridized carbons (Fsp3) is 0.300. The molecule has 2 rings (SSSR count). The van der Waals surface area contributed by atoms with E-state index < -0.39 is 18.0 Å². The van der Waals surface area contributed by atoms with E-state index in [-0.39, 0.29) is 5.56 Å². The van der Waals surface area contributed by atoms with E-state index in [1.54, 1.807) is 12.1 Å². The van der Waals surface area contributed by atoms with Crippen molar-refractivity contribution in [2.45, 2.75) is 26.9 Å². The molecular formula is C20H23NO5. The summed E-state index contributed by atoms with van der Waals surface area (Å²) >= 11 is 0. The van der Waals surface area contributed by atoms with Gasteiger partial charge in [-0.15, -0.1) is 0 Å². The summed E-state index contributed by atoms with van der Waals surface area (Å²) in [6.07, 6.45) is -0.949. The minimum Gasteiger partial charge on any atom is -0.493 e. The summed E-state index contributed by atoms with van der Waals surface area (Å²) in [7, 11) is 2.99. The van der Waals surface area contributed by atoms with Crippen molar-refractivity contribution in [3.8, 4) is 11.5 Å². The fourth-order valence-corrected chi connectivity index (χ4v) is 2.35. The highest BCUT2D eigenvalue weighted by Gasteiger charge is 2.20. The highest BCUT2D eigenvalue weighted by molar-refractivity contribution is 5.98. The minimum atomic E-state index is -0.949. The molecule has 138 valence electrons. The first-order valence-electron chi connectivity index (χ1n) is 8.16. The van der Waals surface area contributed by atoms with Crippen LogP contribution in [0.25, 0.3) is 0 Å². The molecule has 0 spiro atoms. The summed E-state index contributed by atoms with van der Waals surface area (Å²) in [6.45, 7) is 5.37. The molecule has 26 heavy (non-hydrogen) atoms. The van der Waals surface area contributed by atoms with Crippen molar-refractivity contribution in [1.29, 1.82) is 0 Å². The van der Waals surface area contributed by atoms with E-state index in [2.05, 4.69) is 5.32 Å². The SMILES string of the molecule is COc1ccc(C(=O)OC(C)C(=O)Nc2cc(C)ccc2C)cc1OC. The Morgan fingerprint density at radius 1 is 0.962 bits per heavy atom. The van der Waals surface area contributed by atoms with Crippen LogP contribution in [0.1, 0.15) is 28.4 Å². The number of carbonyl (C=O) groups is 2. The molecule has 1 N–H and O–H groups in total. The number of nitrogens with one attached hydrogen (secondary N) is 1. The Morgan fingerprint density at radius 3 is 2.31 bits per heavy atom. The first-order chi connectivity index (χ1) is 12.3. The predicted molar refractivity (Wildman–Crippen MR) is 99.0 cm³/mol. The van der Waals surface area contributed by atoms with Gasteiger partial charge in [-0.05, 0) is 56.2 Å². The van der Waals surface area contributed by atoms with Crippen LogP contribution in [-0.4, -0.2) is 32.2 Å². The van der Waals surface area contributed by atoms with E-state index in [1.165, 1.54) is 27.2 Å². The van der Waals surface area contributed by atoms with Crippen molar-refractivity contribution >= 4 is 17.6 Å². The second-order valence-corrected chi connectivity index (χ2v) is 5.92. The highest BCUT2D eigenvalue weighted by atomic mass is 16.5. The van der Waals surface area contributed by atoms with Gasteiger partial charge in [0, 0.05) is 5.69 Å². The first-order valence-corrected chi connectivity index (χ1v) is 8.16. The van der Waals surface area contributed by atoms with E-state index in [1.807, 2.05) is 32.0 Å². The maximum atomic E-state index is 12.3. The summed E-state index contributed by atoms with van der Waals surface area (Å²) in [5.74, 6) is -0.0960. The number of carbonyl (C=O) groups excluding carboxylic acids is 2. The number of rotatable bonds is 6. The maximum absolute atomic E-state index is 12.3.